The van der Waals surface area contributed by atoms with Crippen LogP contribution in [0.4, 0.5) is 0 Å². The number of halogens is 1. The first-order chi connectivity index (χ1) is 23.5. The molecule has 4 aromatic rings. The van der Waals surface area contributed by atoms with Crippen LogP contribution in [-0.4, -0.2) is 43.2 Å². The van der Waals surface area contributed by atoms with Crippen LogP contribution in [0.5, 0.6) is 11.5 Å². The molecule has 0 spiro atoms. The van der Waals surface area contributed by atoms with Gasteiger partial charge in [-0.2, -0.15) is 0 Å². The molecule has 48 heavy (non-hydrogen) atoms. The Morgan fingerprint density at radius 1 is 0.771 bits per heavy atom. The first kappa shape index (κ1) is 35.7. The van der Waals surface area contributed by atoms with E-state index in [0.29, 0.717) is 37.0 Å². The molecule has 6 nitrogen and oxygen atoms in total. The van der Waals surface area contributed by atoms with Crippen molar-refractivity contribution in [2.45, 2.75) is 71.2 Å². The summed E-state index contributed by atoms with van der Waals surface area (Å²) in [5.74, 6) is 1.52. The van der Waals surface area contributed by atoms with Crippen LogP contribution >= 0.6 is 11.6 Å². The molecule has 0 saturated carbocycles. The van der Waals surface area contributed by atoms with Crippen molar-refractivity contribution in [1.29, 1.82) is 0 Å². The Bertz CT molecular complexity index is 1560. The van der Waals surface area contributed by atoms with Crippen molar-refractivity contribution in [2.75, 3.05) is 19.8 Å². The summed E-state index contributed by atoms with van der Waals surface area (Å²) in [6.07, 6.45) is 3.62. The minimum atomic E-state index is -0.496. The summed E-state index contributed by atoms with van der Waals surface area (Å²) in [6, 6.07) is 32.5. The zero-order valence-corrected chi connectivity index (χ0v) is 28.9. The van der Waals surface area contributed by atoms with Gasteiger partial charge in [-0.05, 0) is 72.4 Å². The molecule has 0 amide bonds. The van der Waals surface area contributed by atoms with Crippen LogP contribution in [0.15, 0.2) is 109 Å². The Balaban J connectivity index is 1.54. The van der Waals surface area contributed by atoms with Crippen LogP contribution in [0.25, 0.3) is 0 Å². The zero-order valence-electron chi connectivity index (χ0n) is 28.1. The molecule has 0 unspecified atom stereocenters. The standard InChI is InChI=1S/C41H47ClO6/c1-4-37-29(3)39(46-27-31-14-8-6-9-15-31)41(47-28-32-16-10-7-11-17-32)40(48-37)35-25-33(24-30-18-20-34(21-19-30)44-5-2)36(42)26-38(35)45-23-13-12-22-43/h6-21,25-26,29,37,39-41,43H,4-5,22-24,27-28H2,1-3H3/b13-12-/t29-,37-,39+,40+,41-/m1/s1. The van der Waals surface area contributed by atoms with Crippen LogP contribution in [0.1, 0.15) is 61.1 Å². The van der Waals surface area contributed by atoms with E-state index < -0.39 is 12.2 Å². The van der Waals surface area contributed by atoms with Gasteiger partial charge in [0.2, 0.25) is 0 Å². The third-order valence-corrected chi connectivity index (χ3v) is 9.09. The molecule has 1 aliphatic rings. The number of benzene rings is 4. The second kappa shape index (κ2) is 18.2. The van der Waals surface area contributed by atoms with Crippen molar-refractivity contribution in [3.05, 3.63) is 142 Å². The molecule has 1 saturated heterocycles. The van der Waals surface area contributed by atoms with Crippen LogP contribution in [0, 0.1) is 5.92 Å². The molecule has 1 N–H and O–H groups in total. The maximum Gasteiger partial charge on any atom is 0.127 e. The molecular formula is C41H47ClO6. The second-order valence-electron chi connectivity index (χ2n) is 12.1. The quantitative estimate of drug-likeness (QED) is 0.120. The molecule has 5 rings (SSSR count). The van der Waals surface area contributed by atoms with Crippen molar-refractivity contribution in [3.8, 4) is 11.5 Å². The van der Waals surface area contributed by atoms with Gasteiger partial charge in [0.05, 0.1) is 38.6 Å². The Kier molecular flexibility index (Phi) is 13.5. The lowest BCUT2D eigenvalue weighted by Crippen LogP contribution is -2.51. The minimum Gasteiger partial charge on any atom is -0.494 e. The Hall–Kier alpha value is -3.65. The summed E-state index contributed by atoms with van der Waals surface area (Å²) in [4.78, 5) is 0. The first-order valence-corrected chi connectivity index (χ1v) is 17.3. The molecular weight excluding hydrogens is 624 g/mol. The van der Waals surface area contributed by atoms with Gasteiger partial charge in [-0.1, -0.05) is 104 Å². The molecule has 4 aromatic carbocycles. The summed E-state index contributed by atoms with van der Waals surface area (Å²) in [5.41, 5.74) is 5.09. The van der Waals surface area contributed by atoms with Crippen LogP contribution in [0.2, 0.25) is 5.02 Å². The van der Waals surface area contributed by atoms with E-state index >= 15 is 0 Å². The Labute approximate surface area is 290 Å². The van der Waals surface area contributed by atoms with E-state index in [-0.39, 0.29) is 31.3 Å². The van der Waals surface area contributed by atoms with E-state index in [4.69, 9.17) is 35.3 Å². The average molecular weight is 671 g/mol. The number of aliphatic hydroxyl groups is 1. The molecule has 0 radical (unpaired) electrons. The normalized spacial score (nSPS) is 21.0. The maximum atomic E-state index is 9.30. The summed E-state index contributed by atoms with van der Waals surface area (Å²) < 4.78 is 32.5. The molecule has 0 bridgehead atoms. The summed E-state index contributed by atoms with van der Waals surface area (Å²) in [7, 11) is 0. The van der Waals surface area contributed by atoms with E-state index in [2.05, 4.69) is 56.3 Å². The lowest BCUT2D eigenvalue weighted by atomic mass is 9.83. The molecule has 1 aliphatic heterocycles. The smallest absolute Gasteiger partial charge is 0.127 e. The van der Waals surface area contributed by atoms with Gasteiger partial charge >= 0.3 is 0 Å². The zero-order chi connectivity index (χ0) is 33.7. The van der Waals surface area contributed by atoms with E-state index in [1.807, 2.05) is 61.5 Å². The predicted octanol–water partition coefficient (Wildman–Crippen LogP) is 8.91. The van der Waals surface area contributed by atoms with Gasteiger partial charge in [0.15, 0.2) is 0 Å². The monoisotopic (exact) mass is 670 g/mol. The highest BCUT2D eigenvalue weighted by Gasteiger charge is 2.46. The molecule has 7 heteroatoms. The molecule has 0 aliphatic carbocycles. The summed E-state index contributed by atoms with van der Waals surface area (Å²) >= 11 is 6.95. The van der Waals surface area contributed by atoms with Gasteiger partial charge in [-0.3, -0.25) is 0 Å². The fourth-order valence-electron chi connectivity index (χ4n) is 6.23. The highest BCUT2D eigenvalue weighted by molar-refractivity contribution is 6.31. The number of hydrogen-bond donors (Lipinski definition) is 1. The molecule has 1 fully saturated rings. The van der Waals surface area contributed by atoms with Gasteiger partial charge in [-0.15, -0.1) is 0 Å². The van der Waals surface area contributed by atoms with Crippen LogP contribution < -0.4 is 9.47 Å². The van der Waals surface area contributed by atoms with E-state index in [9.17, 15) is 5.11 Å². The largest absolute Gasteiger partial charge is 0.494 e. The van der Waals surface area contributed by atoms with Crippen LogP contribution in [-0.2, 0) is 33.8 Å². The van der Waals surface area contributed by atoms with Crippen molar-refractivity contribution < 1.29 is 28.8 Å². The predicted molar refractivity (Wildman–Crippen MR) is 191 cm³/mol. The van der Waals surface area contributed by atoms with Crippen LogP contribution in [0.3, 0.4) is 0 Å². The fraction of sp³-hybridized carbons (Fsp3) is 0.366. The first-order valence-electron chi connectivity index (χ1n) is 16.9. The Morgan fingerprint density at radius 3 is 2.02 bits per heavy atom. The number of ether oxygens (including phenoxy) is 5. The van der Waals surface area contributed by atoms with Crippen molar-refractivity contribution in [3.63, 3.8) is 0 Å². The maximum absolute atomic E-state index is 9.30. The lowest BCUT2D eigenvalue weighted by molar-refractivity contribution is -0.235. The average Bonchev–Trinajstić information content (AvgIpc) is 3.11. The number of aliphatic hydroxyl groups excluding tert-OH is 1. The van der Waals surface area contributed by atoms with Crippen molar-refractivity contribution in [1.82, 2.24) is 0 Å². The van der Waals surface area contributed by atoms with Gasteiger partial charge in [0.25, 0.3) is 0 Å². The highest BCUT2D eigenvalue weighted by atomic mass is 35.5. The molecule has 0 aromatic heterocycles. The van der Waals surface area contributed by atoms with Crippen molar-refractivity contribution in [2.24, 2.45) is 5.92 Å². The molecule has 254 valence electrons. The van der Waals surface area contributed by atoms with Gasteiger partial charge < -0.3 is 28.8 Å². The second-order valence-corrected chi connectivity index (χ2v) is 12.5. The topological polar surface area (TPSA) is 66.4 Å². The third-order valence-electron chi connectivity index (χ3n) is 8.74. The third kappa shape index (κ3) is 9.49. The molecule has 5 atom stereocenters. The minimum absolute atomic E-state index is 0.0599. The van der Waals surface area contributed by atoms with Gasteiger partial charge in [0.1, 0.15) is 30.3 Å². The van der Waals surface area contributed by atoms with E-state index in [0.717, 1.165) is 40.0 Å². The van der Waals surface area contributed by atoms with Gasteiger partial charge in [-0.25, -0.2) is 0 Å². The lowest BCUT2D eigenvalue weighted by Gasteiger charge is -2.46. The Morgan fingerprint density at radius 2 is 1.42 bits per heavy atom. The van der Waals surface area contributed by atoms with E-state index in [1.54, 1.807) is 12.2 Å². The summed E-state index contributed by atoms with van der Waals surface area (Å²) in [5, 5.41) is 9.90. The van der Waals surface area contributed by atoms with E-state index in [1.165, 1.54) is 0 Å². The number of hydrogen-bond acceptors (Lipinski definition) is 6. The van der Waals surface area contributed by atoms with Crippen molar-refractivity contribution >= 4 is 11.6 Å². The highest BCUT2D eigenvalue weighted by Crippen LogP contribution is 2.44. The number of rotatable bonds is 16. The molecule has 1 heterocycles. The SMILES string of the molecule is CCOc1ccc(Cc2cc([C@@H]3O[C@H](CC)[C@@H](C)[C@H](OCc4ccccc4)[C@H]3OCc3ccccc3)c(OC/C=C\CO)cc2Cl)cc1. The summed E-state index contributed by atoms with van der Waals surface area (Å²) in [6.45, 7) is 8.01. The van der Waals surface area contributed by atoms with Gasteiger partial charge in [0, 0.05) is 16.5 Å². The fourth-order valence-corrected chi connectivity index (χ4v) is 6.45.